The third-order valence-electron chi connectivity index (χ3n) is 2.54. The Hall–Kier alpha value is -1.85. The minimum Gasteiger partial charge on any atom is -0.480 e. The Morgan fingerprint density at radius 3 is 2.50 bits per heavy atom. The molecule has 0 fully saturated rings. The Morgan fingerprint density at radius 2 is 1.95 bits per heavy atom. The van der Waals surface area contributed by atoms with Gasteiger partial charge in [-0.3, -0.25) is 4.79 Å². The van der Waals surface area contributed by atoms with Gasteiger partial charge in [0.05, 0.1) is 0 Å². The summed E-state index contributed by atoms with van der Waals surface area (Å²) in [5.41, 5.74) is 6.20. The number of carboxylic acids is 1. The van der Waals surface area contributed by atoms with Crippen molar-refractivity contribution in [3.05, 3.63) is 42.0 Å². The largest absolute Gasteiger partial charge is 0.480 e. The molecule has 4 N–H and O–H groups in total. The summed E-state index contributed by atoms with van der Waals surface area (Å²) in [6.45, 7) is 0.402. The van der Waals surface area contributed by atoms with Crippen LogP contribution in [-0.2, 0) is 9.59 Å². The second-order valence-corrected chi connectivity index (χ2v) is 4.07. The van der Waals surface area contributed by atoms with Crippen LogP contribution in [0.4, 0.5) is 0 Å². The Balaban J connectivity index is 0.00000361. The number of hydrogen-bond acceptors (Lipinski definition) is 3. The van der Waals surface area contributed by atoms with E-state index < -0.39 is 17.9 Å². The summed E-state index contributed by atoms with van der Waals surface area (Å²) in [7, 11) is 0. The van der Waals surface area contributed by atoms with Crippen LogP contribution in [0.2, 0.25) is 0 Å². The minimum atomic E-state index is -1.05. The molecule has 0 spiro atoms. The first-order chi connectivity index (χ1) is 9.13. The zero-order valence-corrected chi connectivity index (χ0v) is 11.8. The van der Waals surface area contributed by atoms with E-state index in [9.17, 15) is 9.59 Å². The number of aliphatic carboxylic acids is 1. The van der Waals surface area contributed by atoms with E-state index in [2.05, 4.69) is 5.32 Å². The molecule has 0 radical (unpaired) electrons. The van der Waals surface area contributed by atoms with Gasteiger partial charge in [-0.1, -0.05) is 30.3 Å². The average molecular weight is 299 g/mol. The van der Waals surface area contributed by atoms with E-state index in [1.807, 2.05) is 30.3 Å². The van der Waals surface area contributed by atoms with Gasteiger partial charge in [0.1, 0.15) is 6.04 Å². The van der Waals surface area contributed by atoms with Crippen LogP contribution < -0.4 is 11.1 Å². The van der Waals surface area contributed by atoms with E-state index in [0.29, 0.717) is 19.4 Å². The first-order valence-electron chi connectivity index (χ1n) is 6.10. The van der Waals surface area contributed by atoms with Crippen LogP contribution in [0.5, 0.6) is 0 Å². The standard InChI is InChI=1S/C14H18N2O3.ClH/c15-10-4-7-12(14(18)19)16-13(17)9-8-11-5-2-1-3-6-11;/h1-3,5-6,8-9,12H,4,7,10,15H2,(H,16,17)(H,18,19);1H. The topological polar surface area (TPSA) is 92.4 Å². The molecule has 1 aromatic carbocycles. The maximum Gasteiger partial charge on any atom is 0.326 e. The van der Waals surface area contributed by atoms with Crippen molar-refractivity contribution in [2.45, 2.75) is 18.9 Å². The normalized spacial score (nSPS) is 11.7. The summed E-state index contributed by atoms with van der Waals surface area (Å²) in [6, 6.07) is 8.42. The molecule has 20 heavy (non-hydrogen) atoms. The number of amides is 1. The van der Waals surface area contributed by atoms with Gasteiger partial charge in [-0.05, 0) is 31.0 Å². The maximum absolute atomic E-state index is 11.6. The highest BCUT2D eigenvalue weighted by atomic mass is 35.5. The second kappa shape index (κ2) is 10.00. The van der Waals surface area contributed by atoms with E-state index >= 15 is 0 Å². The zero-order valence-electron chi connectivity index (χ0n) is 11.0. The molecule has 0 aliphatic carbocycles. The van der Waals surface area contributed by atoms with Gasteiger partial charge in [0.15, 0.2) is 0 Å². The van der Waals surface area contributed by atoms with E-state index in [4.69, 9.17) is 10.8 Å². The molecule has 110 valence electrons. The lowest BCUT2D eigenvalue weighted by Crippen LogP contribution is -2.40. The fourth-order valence-electron chi connectivity index (χ4n) is 1.54. The number of carbonyl (C=O) groups is 2. The van der Waals surface area contributed by atoms with E-state index in [1.54, 1.807) is 6.08 Å². The van der Waals surface area contributed by atoms with Crippen LogP contribution in [0, 0.1) is 0 Å². The molecule has 0 heterocycles. The van der Waals surface area contributed by atoms with Crippen LogP contribution in [0.3, 0.4) is 0 Å². The molecule has 5 nitrogen and oxygen atoms in total. The quantitative estimate of drug-likeness (QED) is 0.664. The molecule has 0 aromatic heterocycles. The molecular formula is C14H19ClN2O3. The number of rotatable bonds is 7. The monoisotopic (exact) mass is 298 g/mol. The number of nitrogens with one attached hydrogen (secondary N) is 1. The lowest BCUT2D eigenvalue weighted by Gasteiger charge is -2.12. The molecule has 0 aliphatic rings. The molecule has 1 amide bonds. The SMILES string of the molecule is Cl.NCCCC(NC(=O)C=Cc1ccccc1)C(=O)O. The lowest BCUT2D eigenvalue weighted by molar-refractivity contribution is -0.141. The fourth-order valence-corrected chi connectivity index (χ4v) is 1.54. The Bertz CT molecular complexity index is 449. The number of hydrogen-bond donors (Lipinski definition) is 3. The van der Waals surface area contributed by atoms with Gasteiger partial charge in [-0.25, -0.2) is 4.79 Å². The minimum absolute atomic E-state index is 0. The van der Waals surface area contributed by atoms with Crippen molar-refractivity contribution in [2.75, 3.05) is 6.54 Å². The predicted octanol–water partition coefficient (Wildman–Crippen LogP) is 1.43. The fraction of sp³-hybridized carbons (Fsp3) is 0.286. The highest BCUT2D eigenvalue weighted by molar-refractivity contribution is 5.94. The first-order valence-corrected chi connectivity index (χ1v) is 6.10. The average Bonchev–Trinajstić information content (AvgIpc) is 2.42. The molecular weight excluding hydrogens is 280 g/mol. The number of carboxylic acid groups (broad SMARTS) is 1. The first kappa shape index (κ1) is 18.1. The van der Waals surface area contributed by atoms with Crippen molar-refractivity contribution in [2.24, 2.45) is 5.73 Å². The smallest absolute Gasteiger partial charge is 0.326 e. The Morgan fingerprint density at radius 1 is 1.30 bits per heavy atom. The van der Waals surface area contributed by atoms with Crippen molar-refractivity contribution in [1.82, 2.24) is 5.32 Å². The highest BCUT2D eigenvalue weighted by Crippen LogP contribution is 2.01. The van der Waals surface area contributed by atoms with Crippen LogP contribution in [-0.4, -0.2) is 29.6 Å². The number of benzene rings is 1. The predicted molar refractivity (Wildman–Crippen MR) is 80.6 cm³/mol. The summed E-state index contributed by atoms with van der Waals surface area (Å²) < 4.78 is 0. The van der Waals surface area contributed by atoms with E-state index in [-0.39, 0.29) is 12.4 Å². The zero-order chi connectivity index (χ0) is 14.1. The summed E-state index contributed by atoms with van der Waals surface area (Å²) in [6.07, 6.45) is 3.85. The number of halogens is 1. The molecule has 0 aliphatic heterocycles. The third kappa shape index (κ3) is 6.92. The van der Waals surface area contributed by atoms with Gasteiger partial charge in [-0.2, -0.15) is 0 Å². The van der Waals surface area contributed by atoms with Gasteiger partial charge >= 0.3 is 5.97 Å². The van der Waals surface area contributed by atoms with Crippen LogP contribution >= 0.6 is 12.4 Å². The Labute approximate surface area is 124 Å². The van der Waals surface area contributed by atoms with Gasteiger partial charge in [0.2, 0.25) is 5.91 Å². The van der Waals surface area contributed by atoms with Crippen molar-refractivity contribution in [3.8, 4) is 0 Å². The van der Waals surface area contributed by atoms with Crippen molar-refractivity contribution in [1.29, 1.82) is 0 Å². The lowest BCUT2D eigenvalue weighted by atomic mass is 10.1. The summed E-state index contributed by atoms with van der Waals surface area (Å²) >= 11 is 0. The van der Waals surface area contributed by atoms with Crippen LogP contribution in [0.15, 0.2) is 36.4 Å². The van der Waals surface area contributed by atoms with Gasteiger partial charge < -0.3 is 16.2 Å². The molecule has 0 bridgehead atoms. The van der Waals surface area contributed by atoms with Gasteiger partial charge in [-0.15, -0.1) is 12.4 Å². The van der Waals surface area contributed by atoms with E-state index in [1.165, 1.54) is 6.08 Å². The number of carbonyl (C=O) groups excluding carboxylic acids is 1. The van der Waals surface area contributed by atoms with Gasteiger partial charge in [0, 0.05) is 6.08 Å². The molecule has 1 atom stereocenters. The molecule has 0 saturated heterocycles. The van der Waals surface area contributed by atoms with Crippen molar-refractivity contribution < 1.29 is 14.7 Å². The summed E-state index contributed by atoms with van der Waals surface area (Å²) in [4.78, 5) is 22.5. The molecule has 0 saturated carbocycles. The second-order valence-electron chi connectivity index (χ2n) is 4.07. The summed E-state index contributed by atoms with van der Waals surface area (Å²) in [5.74, 6) is -1.47. The van der Waals surface area contributed by atoms with Crippen molar-refractivity contribution in [3.63, 3.8) is 0 Å². The Kier molecular flexibility index (Phi) is 9.07. The highest BCUT2D eigenvalue weighted by Gasteiger charge is 2.17. The third-order valence-corrected chi connectivity index (χ3v) is 2.54. The number of nitrogens with two attached hydrogens (primary N) is 1. The van der Waals surface area contributed by atoms with Crippen LogP contribution in [0.25, 0.3) is 6.08 Å². The molecule has 6 heteroatoms. The van der Waals surface area contributed by atoms with Gasteiger partial charge in [0.25, 0.3) is 0 Å². The van der Waals surface area contributed by atoms with Crippen LogP contribution in [0.1, 0.15) is 18.4 Å². The maximum atomic E-state index is 11.6. The van der Waals surface area contributed by atoms with Crippen molar-refractivity contribution >= 4 is 30.4 Å². The molecule has 1 aromatic rings. The molecule has 1 unspecified atom stereocenters. The van der Waals surface area contributed by atoms with E-state index in [0.717, 1.165) is 5.56 Å². The summed E-state index contributed by atoms with van der Waals surface area (Å²) in [5, 5.41) is 11.4. The molecule has 1 rings (SSSR count).